The molecule has 0 fully saturated rings. The van der Waals surface area contributed by atoms with Crippen LogP contribution >= 0.6 is 11.8 Å². The minimum atomic E-state index is 0.933. The Labute approximate surface area is 116 Å². The number of methoxy groups -OCH3 is 1. The van der Waals surface area contributed by atoms with Crippen molar-refractivity contribution in [1.82, 2.24) is 5.32 Å². The lowest BCUT2D eigenvalue weighted by Gasteiger charge is -2.06. The van der Waals surface area contributed by atoms with Crippen LogP contribution < -0.4 is 10.1 Å². The summed E-state index contributed by atoms with van der Waals surface area (Å²) in [6.45, 7) is 2.04. The summed E-state index contributed by atoms with van der Waals surface area (Å²) in [6.07, 6.45) is 7.51. The Morgan fingerprint density at radius 1 is 1.17 bits per heavy atom. The highest BCUT2D eigenvalue weighted by atomic mass is 32.2. The molecule has 0 unspecified atom stereocenters. The van der Waals surface area contributed by atoms with E-state index >= 15 is 0 Å². The van der Waals surface area contributed by atoms with Gasteiger partial charge in [-0.1, -0.05) is 25.0 Å². The number of rotatable bonds is 10. The van der Waals surface area contributed by atoms with Gasteiger partial charge in [0.2, 0.25) is 0 Å². The third kappa shape index (κ3) is 6.92. The number of unbranched alkanes of at least 4 members (excludes halogenated alkanes) is 3. The summed E-state index contributed by atoms with van der Waals surface area (Å²) in [6, 6.07) is 8.24. The fourth-order valence-corrected chi connectivity index (χ4v) is 2.36. The molecule has 0 saturated heterocycles. The molecule has 0 aliphatic rings. The van der Waals surface area contributed by atoms with Gasteiger partial charge in [0.25, 0.3) is 0 Å². The first-order chi connectivity index (χ1) is 8.86. The molecule has 0 saturated carbocycles. The normalized spacial score (nSPS) is 10.6. The largest absolute Gasteiger partial charge is 0.497 e. The fourth-order valence-electron chi connectivity index (χ4n) is 1.87. The molecule has 1 rings (SSSR count). The maximum atomic E-state index is 5.21. The number of benzene rings is 1. The highest BCUT2D eigenvalue weighted by Gasteiger charge is 1.95. The standard InChI is InChI=1S/C15H25NOS/c1-17-15-9-7-8-14(12-15)13-16-10-5-3-4-6-11-18-2/h7-9,12,16H,3-6,10-11,13H2,1-2H3. The van der Waals surface area contributed by atoms with Crippen molar-refractivity contribution in [2.75, 3.05) is 25.7 Å². The van der Waals surface area contributed by atoms with Gasteiger partial charge >= 0.3 is 0 Å². The van der Waals surface area contributed by atoms with E-state index in [1.54, 1.807) is 7.11 Å². The second-order valence-electron chi connectivity index (χ2n) is 4.44. The summed E-state index contributed by atoms with van der Waals surface area (Å²) in [5.41, 5.74) is 1.29. The highest BCUT2D eigenvalue weighted by molar-refractivity contribution is 7.98. The lowest BCUT2D eigenvalue weighted by Crippen LogP contribution is -2.14. The monoisotopic (exact) mass is 267 g/mol. The molecule has 1 aromatic rings. The van der Waals surface area contributed by atoms with Gasteiger partial charge in [0.1, 0.15) is 5.75 Å². The van der Waals surface area contributed by atoms with Gasteiger partial charge in [-0.15, -0.1) is 0 Å². The molecular formula is C15H25NOS. The van der Waals surface area contributed by atoms with Crippen LogP contribution in [0.2, 0.25) is 0 Å². The first-order valence-electron chi connectivity index (χ1n) is 6.69. The lowest BCUT2D eigenvalue weighted by atomic mass is 10.2. The van der Waals surface area contributed by atoms with E-state index in [1.807, 2.05) is 23.9 Å². The molecule has 0 heterocycles. The van der Waals surface area contributed by atoms with Gasteiger partial charge in [-0.2, -0.15) is 11.8 Å². The summed E-state index contributed by atoms with van der Waals surface area (Å²) >= 11 is 1.94. The molecule has 1 N–H and O–H groups in total. The Bertz CT molecular complexity index is 317. The first kappa shape index (κ1) is 15.4. The van der Waals surface area contributed by atoms with Gasteiger partial charge in [0.05, 0.1) is 7.11 Å². The molecule has 0 aliphatic heterocycles. The van der Waals surface area contributed by atoms with Crippen LogP contribution in [-0.4, -0.2) is 25.7 Å². The van der Waals surface area contributed by atoms with Crippen LogP contribution in [0.3, 0.4) is 0 Å². The van der Waals surface area contributed by atoms with Gasteiger partial charge in [0, 0.05) is 6.54 Å². The average Bonchev–Trinajstić information content (AvgIpc) is 2.42. The molecule has 1 aromatic carbocycles. The molecule has 18 heavy (non-hydrogen) atoms. The van der Waals surface area contributed by atoms with Gasteiger partial charge in [-0.05, 0) is 49.1 Å². The van der Waals surface area contributed by atoms with Gasteiger partial charge in [0.15, 0.2) is 0 Å². The second-order valence-corrected chi connectivity index (χ2v) is 5.42. The first-order valence-corrected chi connectivity index (χ1v) is 8.09. The molecule has 0 aliphatic carbocycles. The van der Waals surface area contributed by atoms with Gasteiger partial charge < -0.3 is 10.1 Å². The summed E-state index contributed by atoms with van der Waals surface area (Å²) in [4.78, 5) is 0. The van der Waals surface area contributed by atoms with Crippen molar-refractivity contribution in [3.05, 3.63) is 29.8 Å². The van der Waals surface area contributed by atoms with Crippen molar-refractivity contribution >= 4 is 11.8 Å². The predicted molar refractivity (Wildman–Crippen MR) is 81.6 cm³/mol. The van der Waals surface area contributed by atoms with E-state index in [1.165, 1.54) is 37.0 Å². The third-order valence-corrected chi connectivity index (χ3v) is 3.61. The van der Waals surface area contributed by atoms with E-state index in [0.29, 0.717) is 0 Å². The Hall–Kier alpha value is -0.670. The molecule has 3 heteroatoms. The SMILES string of the molecule is COc1cccc(CNCCCCCCSC)c1. The summed E-state index contributed by atoms with van der Waals surface area (Å²) in [5.74, 6) is 2.24. The predicted octanol–water partition coefficient (Wildman–Crippen LogP) is 3.71. The van der Waals surface area contributed by atoms with E-state index in [2.05, 4.69) is 23.7 Å². The number of hydrogen-bond donors (Lipinski definition) is 1. The maximum Gasteiger partial charge on any atom is 0.119 e. The zero-order chi connectivity index (χ0) is 13.1. The average molecular weight is 267 g/mol. The molecule has 0 aromatic heterocycles. The quantitative estimate of drug-likeness (QED) is 0.653. The molecule has 0 spiro atoms. The topological polar surface area (TPSA) is 21.3 Å². The molecule has 0 atom stereocenters. The number of hydrogen-bond acceptors (Lipinski definition) is 3. The minimum absolute atomic E-state index is 0.933. The van der Waals surface area contributed by atoms with E-state index in [4.69, 9.17) is 4.74 Å². The molecule has 0 bridgehead atoms. The van der Waals surface area contributed by atoms with Crippen LogP contribution in [0.15, 0.2) is 24.3 Å². The maximum absolute atomic E-state index is 5.21. The van der Waals surface area contributed by atoms with Crippen LogP contribution in [0, 0.1) is 0 Å². The summed E-state index contributed by atoms with van der Waals surface area (Å²) in [5, 5.41) is 3.48. The summed E-state index contributed by atoms with van der Waals surface area (Å²) < 4.78 is 5.21. The lowest BCUT2D eigenvalue weighted by molar-refractivity contribution is 0.414. The molecule has 102 valence electrons. The van der Waals surface area contributed by atoms with Crippen LogP contribution in [0.1, 0.15) is 31.2 Å². The van der Waals surface area contributed by atoms with E-state index in [9.17, 15) is 0 Å². The number of ether oxygens (including phenoxy) is 1. The Balaban J connectivity index is 2.03. The van der Waals surface area contributed by atoms with Gasteiger partial charge in [-0.25, -0.2) is 0 Å². The molecular weight excluding hydrogens is 242 g/mol. The number of thioether (sulfide) groups is 1. The minimum Gasteiger partial charge on any atom is -0.497 e. The Morgan fingerprint density at radius 2 is 2.00 bits per heavy atom. The van der Waals surface area contributed by atoms with E-state index < -0.39 is 0 Å². The molecule has 0 amide bonds. The van der Waals surface area contributed by atoms with Gasteiger partial charge in [-0.3, -0.25) is 0 Å². The van der Waals surface area contributed by atoms with Crippen LogP contribution in [0.25, 0.3) is 0 Å². The summed E-state index contributed by atoms with van der Waals surface area (Å²) in [7, 11) is 1.71. The Kier molecular flexibility index (Phi) is 8.78. The van der Waals surface area contributed by atoms with Crippen LogP contribution in [-0.2, 0) is 6.54 Å². The fraction of sp³-hybridized carbons (Fsp3) is 0.600. The Morgan fingerprint density at radius 3 is 2.78 bits per heavy atom. The van der Waals surface area contributed by atoms with Crippen LogP contribution in [0.4, 0.5) is 0 Å². The van der Waals surface area contributed by atoms with E-state index in [0.717, 1.165) is 18.8 Å². The third-order valence-electron chi connectivity index (χ3n) is 2.92. The molecule has 2 nitrogen and oxygen atoms in total. The molecule has 0 radical (unpaired) electrons. The zero-order valence-electron chi connectivity index (χ0n) is 11.6. The highest BCUT2D eigenvalue weighted by Crippen LogP contribution is 2.12. The van der Waals surface area contributed by atoms with Crippen molar-refractivity contribution in [1.29, 1.82) is 0 Å². The van der Waals surface area contributed by atoms with Crippen molar-refractivity contribution in [3.63, 3.8) is 0 Å². The number of nitrogens with one attached hydrogen (secondary N) is 1. The van der Waals surface area contributed by atoms with E-state index in [-0.39, 0.29) is 0 Å². The van der Waals surface area contributed by atoms with Crippen molar-refractivity contribution in [2.24, 2.45) is 0 Å². The van der Waals surface area contributed by atoms with Crippen molar-refractivity contribution < 1.29 is 4.74 Å². The smallest absolute Gasteiger partial charge is 0.119 e. The van der Waals surface area contributed by atoms with Crippen molar-refractivity contribution in [2.45, 2.75) is 32.2 Å². The van der Waals surface area contributed by atoms with Crippen molar-refractivity contribution in [3.8, 4) is 5.75 Å². The zero-order valence-corrected chi connectivity index (χ0v) is 12.4. The second kappa shape index (κ2) is 10.3. The van der Waals surface area contributed by atoms with Crippen LogP contribution in [0.5, 0.6) is 5.75 Å².